The first kappa shape index (κ1) is 24.9. The molecule has 3 aromatic rings. The Bertz CT molecular complexity index is 1340. The molecule has 4 rings (SSSR count). The molecule has 1 aromatic heterocycles. The highest BCUT2D eigenvalue weighted by Gasteiger charge is 2.39. The van der Waals surface area contributed by atoms with Gasteiger partial charge in [0.1, 0.15) is 0 Å². The van der Waals surface area contributed by atoms with Gasteiger partial charge in [-0.05, 0) is 42.0 Å². The normalized spacial score (nSPS) is 16.4. The molecule has 0 aliphatic carbocycles. The number of halogens is 1. The van der Waals surface area contributed by atoms with Crippen molar-refractivity contribution >= 4 is 46.5 Å². The quantitative estimate of drug-likeness (QED) is 0.421. The molecular formula is C23H22ClN5O5. The predicted octanol–water partition coefficient (Wildman–Crippen LogP) is 1.01. The minimum Gasteiger partial charge on any atom is -0.380 e. The number of anilines is 2. The summed E-state index contributed by atoms with van der Waals surface area (Å²) in [4.78, 5) is 41.6. The summed E-state index contributed by atoms with van der Waals surface area (Å²) in [5.74, 6) is -1.41. The van der Waals surface area contributed by atoms with E-state index in [1.54, 1.807) is 24.3 Å². The molecule has 2 atom stereocenters. The van der Waals surface area contributed by atoms with E-state index in [1.165, 1.54) is 29.2 Å². The highest BCUT2D eigenvalue weighted by Crippen LogP contribution is 2.28. The Hall–Kier alpha value is -3.75. The Kier molecular flexibility index (Phi) is 7.65. The molecule has 10 nitrogen and oxygen atoms in total. The Morgan fingerprint density at radius 1 is 1.29 bits per heavy atom. The summed E-state index contributed by atoms with van der Waals surface area (Å²) in [7, 11) is 0. The van der Waals surface area contributed by atoms with E-state index >= 15 is 0 Å². The fourth-order valence-corrected chi connectivity index (χ4v) is 3.78. The zero-order valence-electron chi connectivity index (χ0n) is 17.9. The summed E-state index contributed by atoms with van der Waals surface area (Å²) in [5, 5.41) is 22.9. The molecule has 0 bridgehead atoms. The van der Waals surface area contributed by atoms with Crippen LogP contribution in [0.1, 0.15) is 11.1 Å². The SMILES string of the molecule is Cl.N#Cc1ccc(NC(=O)[C@H](O)[C@H]2OCCN(c3cccc4[nH]c(=O)ccc34)C2=O)cc1CN. The van der Waals surface area contributed by atoms with E-state index in [-0.39, 0.29) is 37.7 Å². The third-order valence-corrected chi connectivity index (χ3v) is 5.42. The van der Waals surface area contributed by atoms with Crippen molar-refractivity contribution < 1.29 is 19.4 Å². The first-order valence-corrected chi connectivity index (χ1v) is 10.2. The van der Waals surface area contributed by atoms with E-state index < -0.39 is 24.0 Å². The number of hydrogen-bond donors (Lipinski definition) is 4. The van der Waals surface area contributed by atoms with Crippen LogP contribution >= 0.6 is 12.4 Å². The average molecular weight is 484 g/mol. The number of carbonyl (C=O) groups is 2. The van der Waals surface area contributed by atoms with Gasteiger partial charge in [-0.15, -0.1) is 12.4 Å². The number of nitrogens with two attached hydrogens (primary N) is 1. The van der Waals surface area contributed by atoms with Crippen LogP contribution in [0, 0.1) is 11.3 Å². The molecule has 0 saturated carbocycles. The second-order valence-electron chi connectivity index (χ2n) is 7.46. The lowest BCUT2D eigenvalue weighted by atomic mass is 10.1. The molecule has 34 heavy (non-hydrogen) atoms. The van der Waals surface area contributed by atoms with Gasteiger partial charge in [0.15, 0.2) is 12.2 Å². The number of aliphatic hydroxyl groups is 1. The van der Waals surface area contributed by atoms with Gasteiger partial charge in [-0.3, -0.25) is 14.4 Å². The van der Waals surface area contributed by atoms with Crippen LogP contribution in [0.3, 0.4) is 0 Å². The number of carbonyl (C=O) groups excluding carboxylic acids is 2. The second-order valence-corrected chi connectivity index (χ2v) is 7.46. The monoisotopic (exact) mass is 483 g/mol. The predicted molar refractivity (Wildman–Crippen MR) is 128 cm³/mol. The number of nitriles is 1. The first-order chi connectivity index (χ1) is 15.9. The summed E-state index contributed by atoms with van der Waals surface area (Å²) >= 11 is 0. The molecule has 1 aliphatic heterocycles. The Morgan fingerprint density at radius 2 is 2.09 bits per heavy atom. The molecule has 2 aromatic carbocycles. The van der Waals surface area contributed by atoms with Crippen LogP contribution in [0.15, 0.2) is 53.3 Å². The maximum Gasteiger partial charge on any atom is 0.259 e. The number of aromatic nitrogens is 1. The number of pyridine rings is 1. The molecule has 11 heteroatoms. The van der Waals surface area contributed by atoms with Gasteiger partial charge in [0.25, 0.3) is 11.8 Å². The fraction of sp³-hybridized carbons (Fsp3) is 0.217. The molecule has 1 saturated heterocycles. The molecule has 2 heterocycles. The van der Waals surface area contributed by atoms with Crippen molar-refractivity contribution in [3.05, 3.63) is 70.0 Å². The van der Waals surface area contributed by atoms with Crippen LogP contribution in [0.2, 0.25) is 0 Å². The van der Waals surface area contributed by atoms with Gasteiger partial charge >= 0.3 is 0 Å². The highest BCUT2D eigenvalue weighted by atomic mass is 35.5. The number of benzene rings is 2. The van der Waals surface area contributed by atoms with E-state index in [0.717, 1.165) is 0 Å². The van der Waals surface area contributed by atoms with Crippen LogP contribution in [0.5, 0.6) is 0 Å². The summed E-state index contributed by atoms with van der Waals surface area (Å²) in [6.45, 7) is 0.427. The smallest absolute Gasteiger partial charge is 0.259 e. The molecule has 0 radical (unpaired) electrons. The van der Waals surface area contributed by atoms with Crippen molar-refractivity contribution in [3.8, 4) is 6.07 Å². The molecule has 176 valence electrons. The molecule has 1 aliphatic rings. The van der Waals surface area contributed by atoms with E-state index in [2.05, 4.69) is 10.3 Å². The number of H-pyrrole nitrogens is 1. The van der Waals surface area contributed by atoms with Crippen molar-refractivity contribution in [2.45, 2.75) is 18.8 Å². The van der Waals surface area contributed by atoms with Gasteiger partial charge < -0.3 is 30.8 Å². The largest absolute Gasteiger partial charge is 0.380 e. The summed E-state index contributed by atoms with van der Waals surface area (Å²) in [6, 6.07) is 14.7. The number of aliphatic hydroxyl groups excluding tert-OH is 1. The number of nitrogens with zero attached hydrogens (tertiary/aromatic N) is 2. The van der Waals surface area contributed by atoms with Crippen LogP contribution in [0.4, 0.5) is 11.4 Å². The van der Waals surface area contributed by atoms with Crippen LogP contribution in [-0.4, -0.2) is 47.3 Å². The number of aromatic amines is 1. The topological polar surface area (TPSA) is 162 Å². The summed E-state index contributed by atoms with van der Waals surface area (Å²) in [5.41, 5.74) is 7.72. The van der Waals surface area contributed by atoms with Gasteiger partial charge in [0.2, 0.25) is 5.56 Å². The Balaban J connectivity index is 0.00000324. The van der Waals surface area contributed by atoms with Crippen molar-refractivity contribution in [1.82, 2.24) is 4.98 Å². The molecule has 2 amide bonds. The lowest BCUT2D eigenvalue weighted by Crippen LogP contribution is -2.55. The van der Waals surface area contributed by atoms with Gasteiger partial charge in [-0.25, -0.2) is 0 Å². The molecule has 1 fully saturated rings. The van der Waals surface area contributed by atoms with E-state index in [9.17, 15) is 19.5 Å². The Labute approximate surface area is 200 Å². The zero-order valence-corrected chi connectivity index (χ0v) is 18.7. The summed E-state index contributed by atoms with van der Waals surface area (Å²) < 4.78 is 5.45. The minimum atomic E-state index is -1.77. The summed E-state index contributed by atoms with van der Waals surface area (Å²) in [6.07, 6.45) is -3.18. The van der Waals surface area contributed by atoms with Gasteiger partial charge in [-0.2, -0.15) is 5.26 Å². The van der Waals surface area contributed by atoms with Crippen LogP contribution < -0.4 is 21.5 Å². The van der Waals surface area contributed by atoms with Gasteiger partial charge in [0, 0.05) is 30.2 Å². The van der Waals surface area contributed by atoms with E-state index in [0.29, 0.717) is 33.4 Å². The van der Waals surface area contributed by atoms with Crippen molar-refractivity contribution in [3.63, 3.8) is 0 Å². The maximum atomic E-state index is 13.2. The zero-order chi connectivity index (χ0) is 23.5. The number of fused-ring (bicyclic) bond motifs is 1. The first-order valence-electron chi connectivity index (χ1n) is 10.2. The van der Waals surface area contributed by atoms with E-state index in [1.807, 2.05) is 6.07 Å². The van der Waals surface area contributed by atoms with Crippen molar-refractivity contribution in [1.29, 1.82) is 5.26 Å². The molecular weight excluding hydrogens is 462 g/mol. The van der Waals surface area contributed by atoms with E-state index in [4.69, 9.17) is 15.7 Å². The Morgan fingerprint density at radius 3 is 2.82 bits per heavy atom. The third kappa shape index (κ3) is 4.78. The number of ether oxygens (including phenoxy) is 1. The lowest BCUT2D eigenvalue weighted by molar-refractivity contribution is -0.150. The number of nitrogens with one attached hydrogen (secondary N) is 2. The van der Waals surface area contributed by atoms with Crippen molar-refractivity contribution in [2.24, 2.45) is 5.73 Å². The van der Waals surface area contributed by atoms with Gasteiger partial charge in [-0.1, -0.05) is 6.07 Å². The number of rotatable bonds is 5. The number of amides is 2. The number of hydrogen-bond acceptors (Lipinski definition) is 7. The third-order valence-electron chi connectivity index (χ3n) is 5.42. The standard InChI is InChI=1S/C23H21N5O5.ClH/c24-11-13-4-5-15(10-14(13)12-25)26-22(31)20(30)21-23(32)28(8-9-33-21)18-3-1-2-17-16(18)6-7-19(29)27-17;/h1-7,10,20-21,30H,8-9,12,25H2,(H,26,31)(H,27,29);1H/t20-,21-;/m1./s1. The second kappa shape index (κ2) is 10.5. The number of morpholine rings is 1. The van der Waals surface area contributed by atoms with Crippen LogP contribution in [0.25, 0.3) is 10.9 Å². The lowest BCUT2D eigenvalue weighted by Gasteiger charge is -2.34. The molecule has 0 spiro atoms. The molecule has 0 unspecified atom stereocenters. The fourth-order valence-electron chi connectivity index (χ4n) is 3.78. The average Bonchev–Trinajstić information content (AvgIpc) is 2.83. The maximum absolute atomic E-state index is 13.2. The van der Waals surface area contributed by atoms with Crippen LogP contribution in [-0.2, 0) is 20.9 Å². The minimum absolute atomic E-state index is 0. The van der Waals surface area contributed by atoms with Crippen molar-refractivity contribution in [2.75, 3.05) is 23.4 Å². The molecule has 5 N–H and O–H groups in total. The highest BCUT2D eigenvalue weighted by molar-refractivity contribution is 6.07. The van der Waals surface area contributed by atoms with Gasteiger partial charge in [0.05, 0.1) is 29.4 Å².